The van der Waals surface area contributed by atoms with E-state index in [1.54, 1.807) is 0 Å². The molecule has 0 aromatic heterocycles. The van der Waals surface area contributed by atoms with Crippen molar-refractivity contribution in [1.82, 2.24) is 0 Å². The van der Waals surface area contributed by atoms with Gasteiger partial charge in [0.2, 0.25) is 0 Å². The maximum absolute atomic E-state index is 6.51. The Morgan fingerprint density at radius 1 is 0.838 bits per heavy atom. The first-order valence-corrected chi connectivity index (χ1v) is 13.0. The Morgan fingerprint density at radius 2 is 1.68 bits per heavy atom. The highest BCUT2D eigenvalue weighted by Gasteiger charge is 2.29. The average Bonchev–Trinajstić information content (AvgIpc) is 3.86. The molecule has 0 saturated heterocycles. The van der Waals surface area contributed by atoms with Crippen molar-refractivity contribution in [2.45, 2.75) is 12.8 Å². The van der Waals surface area contributed by atoms with Crippen LogP contribution in [0.3, 0.4) is 0 Å². The highest BCUT2D eigenvalue weighted by molar-refractivity contribution is 5.95. The third-order valence-electron chi connectivity index (χ3n) is 7.55. The lowest BCUT2D eigenvalue weighted by molar-refractivity contribution is 0.914. The molecular weight excluding hydrogens is 448 g/mol. The van der Waals surface area contributed by atoms with Crippen LogP contribution in [0.1, 0.15) is 23.1 Å². The second-order valence-electron chi connectivity index (χ2n) is 10.0. The molecule has 3 aliphatic carbocycles. The van der Waals surface area contributed by atoms with E-state index >= 15 is 0 Å². The van der Waals surface area contributed by atoms with E-state index in [2.05, 4.69) is 127 Å². The Hall–Kier alpha value is -4.56. The molecule has 0 aliphatic heterocycles. The molecule has 0 heterocycles. The number of hydrogen-bond acceptors (Lipinski definition) is 2. The number of hydrogen-bond donors (Lipinski definition) is 2. The highest BCUT2D eigenvalue weighted by atomic mass is 14.8. The molecule has 0 radical (unpaired) electrons. The first-order valence-electron chi connectivity index (χ1n) is 13.0. The van der Waals surface area contributed by atoms with Crippen molar-refractivity contribution < 1.29 is 0 Å². The molecule has 3 aliphatic rings. The number of benzene rings is 4. The molecule has 0 fully saturated rings. The maximum atomic E-state index is 6.51. The van der Waals surface area contributed by atoms with Crippen LogP contribution in [0.15, 0.2) is 138 Å². The number of rotatable bonds is 5. The van der Waals surface area contributed by atoms with E-state index in [0.29, 0.717) is 5.92 Å². The average molecular weight is 477 g/mol. The molecule has 0 saturated carbocycles. The second kappa shape index (κ2) is 8.83. The van der Waals surface area contributed by atoms with Gasteiger partial charge in [-0.05, 0) is 87.1 Å². The zero-order valence-electron chi connectivity index (χ0n) is 20.6. The van der Waals surface area contributed by atoms with Gasteiger partial charge in [0, 0.05) is 28.9 Å². The van der Waals surface area contributed by atoms with Gasteiger partial charge in [0.05, 0.1) is 0 Å². The quantitative estimate of drug-likeness (QED) is 0.269. The van der Waals surface area contributed by atoms with E-state index in [4.69, 9.17) is 5.73 Å². The molecule has 3 N–H and O–H groups in total. The van der Waals surface area contributed by atoms with E-state index in [9.17, 15) is 0 Å². The van der Waals surface area contributed by atoms with Crippen molar-refractivity contribution in [3.8, 4) is 11.1 Å². The summed E-state index contributed by atoms with van der Waals surface area (Å²) >= 11 is 0. The molecule has 178 valence electrons. The fraction of sp³-hybridized carbons (Fsp3) is 0.0857. The van der Waals surface area contributed by atoms with Gasteiger partial charge in [-0.2, -0.15) is 0 Å². The number of nitrogens with one attached hydrogen (secondary N) is 1. The summed E-state index contributed by atoms with van der Waals surface area (Å²) in [6.45, 7) is 0. The molecule has 0 amide bonds. The number of fused-ring (bicyclic) bond motifs is 3. The zero-order valence-corrected chi connectivity index (χ0v) is 20.6. The van der Waals surface area contributed by atoms with Crippen LogP contribution in [-0.2, 0) is 6.42 Å². The summed E-state index contributed by atoms with van der Waals surface area (Å²) < 4.78 is 0. The molecular formula is C35H28N2. The van der Waals surface area contributed by atoms with Crippen LogP contribution in [0.4, 0.5) is 5.69 Å². The molecule has 0 spiro atoms. The third-order valence-corrected chi connectivity index (χ3v) is 7.55. The van der Waals surface area contributed by atoms with Crippen LogP contribution in [0.2, 0.25) is 0 Å². The molecule has 37 heavy (non-hydrogen) atoms. The molecule has 2 heteroatoms. The first-order chi connectivity index (χ1) is 18.2. The van der Waals surface area contributed by atoms with Crippen molar-refractivity contribution in [3.05, 3.63) is 155 Å². The third kappa shape index (κ3) is 4.21. The summed E-state index contributed by atoms with van der Waals surface area (Å²) in [7, 11) is 0. The topological polar surface area (TPSA) is 38.0 Å². The largest absolute Gasteiger partial charge is 0.399 e. The lowest BCUT2D eigenvalue weighted by Crippen LogP contribution is -1.98. The number of allylic oxidation sites excluding steroid dienone is 8. The van der Waals surface area contributed by atoms with Crippen LogP contribution in [0.5, 0.6) is 0 Å². The van der Waals surface area contributed by atoms with E-state index in [-0.39, 0.29) is 0 Å². The van der Waals surface area contributed by atoms with Gasteiger partial charge >= 0.3 is 0 Å². The van der Waals surface area contributed by atoms with Crippen molar-refractivity contribution in [3.63, 3.8) is 0 Å². The van der Waals surface area contributed by atoms with Crippen LogP contribution >= 0.6 is 0 Å². The van der Waals surface area contributed by atoms with Gasteiger partial charge < -0.3 is 11.1 Å². The van der Waals surface area contributed by atoms with Crippen LogP contribution < -0.4 is 11.1 Å². The molecule has 4 aromatic carbocycles. The van der Waals surface area contributed by atoms with Crippen molar-refractivity contribution >= 4 is 22.0 Å². The van der Waals surface area contributed by atoms with Gasteiger partial charge in [-0.1, -0.05) is 91.0 Å². The molecule has 0 bridgehead atoms. The minimum atomic E-state index is 0.461. The van der Waals surface area contributed by atoms with Gasteiger partial charge in [0.15, 0.2) is 0 Å². The Balaban J connectivity index is 1.35. The maximum Gasteiger partial charge on any atom is 0.0459 e. The summed E-state index contributed by atoms with van der Waals surface area (Å²) in [5.74, 6) is 0.461. The smallest absolute Gasteiger partial charge is 0.0459 e. The lowest BCUT2D eigenvalue weighted by atomic mass is 9.89. The van der Waals surface area contributed by atoms with Crippen LogP contribution in [0.25, 0.3) is 27.5 Å². The predicted molar refractivity (Wildman–Crippen MR) is 156 cm³/mol. The fourth-order valence-corrected chi connectivity index (χ4v) is 5.46. The first kappa shape index (κ1) is 21.7. The highest BCUT2D eigenvalue weighted by Crippen LogP contribution is 2.45. The van der Waals surface area contributed by atoms with Crippen molar-refractivity contribution in [1.29, 1.82) is 0 Å². The molecule has 1 unspecified atom stereocenters. The monoisotopic (exact) mass is 476 g/mol. The standard InChI is InChI=1S/C35H28N2/c36-28-10-5-9-25-21-33(25)32(17-18-37-35-14-6-8-23-7-1-2-12-30(23)35)34(22-28)31-13-4-3-11-29(31)26-16-15-24-19-27(24)20-26/h1-8,10-18,20-22,25,37H,9,19,36H2/b10-5+,18-17+,28-22+,34-32+. The van der Waals surface area contributed by atoms with Gasteiger partial charge in [0.1, 0.15) is 0 Å². The zero-order chi connectivity index (χ0) is 24.8. The van der Waals surface area contributed by atoms with Gasteiger partial charge in [-0.25, -0.2) is 0 Å². The van der Waals surface area contributed by atoms with E-state index in [1.165, 1.54) is 49.7 Å². The normalized spacial score (nSPS) is 22.1. The van der Waals surface area contributed by atoms with Crippen LogP contribution in [0, 0.1) is 5.92 Å². The Labute approximate surface area is 217 Å². The van der Waals surface area contributed by atoms with E-state index < -0.39 is 0 Å². The number of anilines is 1. The molecule has 2 nitrogen and oxygen atoms in total. The number of nitrogens with two attached hydrogens (primary N) is 1. The molecule has 1 atom stereocenters. The summed E-state index contributed by atoms with van der Waals surface area (Å²) in [5, 5.41) is 6.00. The SMILES string of the molecule is NC1=C/C(c2ccccc2-c2ccc3c(c2)C3)=C(/C=C/Nc2cccc3ccccc23)C2=CC2C\C=C\1. The minimum absolute atomic E-state index is 0.461. The van der Waals surface area contributed by atoms with E-state index in [0.717, 1.165) is 29.8 Å². The van der Waals surface area contributed by atoms with Crippen LogP contribution in [-0.4, -0.2) is 0 Å². The predicted octanol–water partition coefficient (Wildman–Crippen LogP) is 8.15. The fourth-order valence-electron chi connectivity index (χ4n) is 5.46. The van der Waals surface area contributed by atoms with Crippen molar-refractivity contribution in [2.24, 2.45) is 11.7 Å². The summed E-state index contributed by atoms with van der Waals surface area (Å²) in [6, 6.07) is 30.4. The van der Waals surface area contributed by atoms with Crippen molar-refractivity contribution in [2.75, 3.05) is 5.32 Å². The Morgan fingerprint density at radius 3 is 2.59 bits per heavy atom. The second-order valence-corrected chi connectivity index (χ2v) is 10.0. The molecule has 7 rings (SSSR count). The van der Waals surface area contributed by atoms with Gasteiger partial charge in [0.25, 0.3) is 0 Å². The molecule has 4 aromatic rings. The van der Waals surface area contributed by atoms with E-state index in [1.807, 2.05) is 0 Å². The minimum Gasteiger partial charge on any atom is -0.399 e. The lowest BCUT2D eigenvalue weighted by Gasteiger charge is -2.15. The summed E-state index contributed by atoms with van der Waals surface area (Å²) in [4.78, 5) is 0. The Bertz CT molecular complexity index is 1710. The summed E-state index contributed by atoms with van der Waals surface area (Å²) in [5.41, 5.74) is 18.8. The van der Waals surface area contributed by atoms with Gasteiger partial charge in [-0.15, -0.1) is 0 Å². The van der Waals surface area contributed by atoms with Gasteiger partial charge in [-0.3, -0.25) is 0 Å². The Kier molecular flexibility index (Phi) is 5.18. The summed E-state index contributed by atoms with van der Waals surface area (Å²) in [6.07, 6.45) is 15.2.